The largest absolute Gasteiger partial charge is 0.352 e. The molecule has 1 amide bonds. The first-order valence-corrected chi connectivity index (χ1v) is 6.40. The van der Waals surface area contributed by atoms with E-state index in [1.54, 1.807) is 0 Å². The van der Waals surface area contributed by atoms with Gasteiger partial charge < -0.3 is 10.6 Å². The molecule has 2 aliphatic carbocycles. The number of carbonyl (C=O) groups excluding carboxylic acids is 1. The lowest BCUT2D eigenvalue weighted by atomic mass is 10.1. The van der Waals surface area contributed by atoms with Crippen LogP contribution in [-0.2, 0) is 4.79 Å². The average molecular weight is 230 g/mol. The number of amides is 1. The molecule has 3 nitrogen and oxygen atoms in total. The number of benzene rings is 1. The normalized spacial score (nSPS) is 26.6. The molecule has 3 rings (SSSR count). The SMILES string of the molecule is O=C(CN[C@H]1CC1c1ccccc1)NC1CC1. The Bertz CT molecular complexity index is 400. The molecule has 2 aliphatic rings. The Morgan fingerprint density at radius 2 is 2.00 bits per heavy atom. The third-order valence-electron chi connectivity index (χ3n) is 3.49. The summed E-state index contributed by atoms with van der Waals surface area (Å²) in [6, 6.07) is 11.5. The monoisotopic (exact) mass is 230 g/mol. The van der Waals surface area contributed by atoms with Crippen LogP contribution in [-0.4, -0.2) is 24.5 Å². The Balaban J connectivity index is 1.41. The molecule has 90 valence electrons. The summed E-state index contributed by atoms with van der Waals surface area (Å²) in [4.78, 5) is 11.5. The van der Waals surface area contributed by atoms with E-state index in [0.29, 0.717) is 24.5 Å². The van der Waals surface area contributed by atoms with Crippen LogP contribution in [0.1, 0.15) is 30.7 Å². The minimum atomic E-state index is 0.145. The van der Waals surface area contributed by atoms with Crippen molar-refractivity contribution in [3.8, 4) is 0 Å². The van der Waals surface area contributed by atoms with Gasteiger partial charge in [0.25, 0.3) is 0 Å². The first-order valence-electron chi connectivity index (χ1n) is 6.40. The van der Waals surface area contributed by atoms with Gasteiger partial charge in [-0.05, 0) is 24.8 Å². The molecule has 0 aromatic heterocycles. The Labute approximate surface area is 102 Å². The van der Waals surface area contributed by atoms with Gasteiger partial charge in [-0.3, -0.25) is 4.79 Å². The van der Waals surface area contributed by atoms with Crippen LogP contribution in [0.5, 0.6) is 0 Å². The highest BCUT2D eigenvalue weighted by Gasteiger charge is 2.38. The van der Waals surface area contributed by atoms with Crippen molar-refractivity contribution in [1.82, 2.24) is 10.6 Å². The van der Waals surface area contributed by atoms with Crippen molar-refractivity contribution < 1.29 is 4.79 Å². The minimum Gasteiger partial charge on any atom is -0.352 e. The zero-order chi connectivity index (χ0) is 11.7. The molecule has 0 saturated heterocycles. The van der Waals surface area contributed by atoms with Crippen molar-refractivity contribution in [3.05, 3.63) is 35.9 Å². The van der Waals surface area contributed by atoms with Gasteiger partial charge in [-0.25, -0.2) is 0 Å². The number of hydrogen-bond donors (Lipinski definition) is 2. The summed E-state index contributed by atoms with van der Waals surface area (Å²) in [7, 11) is 0. The van der Waals surface area contributed by atoms with Crippen molar-refractivity contribution in [3.63, 3.8) is 0 Å². The quantitative estimate of drug-likeness (QED) is 0.803. The molecule has 2 N–H and O–H groups in total. The zero-order valence-corrected chi connectivity index (χ0v) is 9.86. The smallest absolute Gasteiger partial charge is 0.234 e. The second-order valence-electron chi connectivity index (χ2n) is 5.08. The Hall–Kier alpha value is -1.35. The van der Waals surface area contributed by atoms with E-state index in [0.717, 1.165) is 19.3 Å². The molecule has 17 heavy (non-hydrogen) atoms. The van der Waals surface area contributed by atoms with Gasteiger partial charge in [0.2, 0.25) is 5.91 Å². The molecule has 1 aromatic carbocycles. The average Bonchev–Trinajstić information content (AvgIpc) is 3.23. The molecular weight excluding hydrogens is 212 g/mol. The maximum absolute atomic E-state index is 11.5. The fourth-order valence-electron chi connectivity index (χ4n) is 2.22. The molecule has 0 radical (unpaired) electrons. The van der Waals surface area contributed by atoms with Crippen molar-refractivity contribution in [2.75, 3.05) is 6.54 Å². The summed E-state index contributed by atoms with van der Waals surface area (Å²) in [5.41, 5.74) is 1.38. The maximum Gasteiger partial charge on any atom is 0.234 e. The summed E-state index contributed by atoms with van der Waals surface area (Å²) in [6.45, 7) is 0.463. The van der Waals surface area contributed by atoms with Crippen LogP contribution in [0.25, 0.3) is 0 Å². The Kier molecular flexibility index (Phi) is 2.85. The number of hydrogen-bond acceptors (Lipinski definition) is 2. The van der Waals surface area contributed by atoms with Crippen LogP contribution in [0.2, 0.25) is 0 Å². The molecule has 1 unspecified atom stereocenters. The fraction of sp³-hybridized carbons (Fsp3) is 0.500. The molecule has 0 heterocycles. The van der Waals surface area contributed by atoms with Crippen molar-refractivity contribution in [1.29, 1.82) is 0 Å². The molecule has 2 saturated carbocycles. The van der Waals surface area contributed by atoms with E-state index in [1.165, 1.54) is 5.56 Å². The lowest BCUT2D eigenvalue weighted by Gasteiger charge is -2.05. The summed E-state index contributed by atoms with van der Waals surface area (Å²) < 4.78 is 0. The molecule has 1 aromatic rings. The summed E-state index contributed by atoms with van der Waals surface area (Å²) in [5.74, 6) is 0.746. The van der Waals surface area contributed by atoms with Crippen LogP contribution >= 0.6 is 0 Å². The maximum atomic E-state index is 11.5. The molecule has 0 spiro atoms. The van der Waals surface area contributed by atoms with Gasteiger partial charge in [0, 0.05) is 18.0 Å². The first kappa shape index (κ1) is 10.8. The third kappa shape index (κ3) is 2.86. The highest BCUT2D eigenvalue weighted by Crippen LogP contribution is 2.40. The minimum absolute atomic E-state index is 0.145. The Morgan fingerprint density at radius 1 is 1.24 bits per heavy atom. The van der Waals surface area contributed by atoms with Crippen molar-refractivity contribution in [2.45, 2.75) is 37.3 Å². The van der Waals surface area contributed by atoms with Crippen molar-refractivity contribution in [2.24, 2.45) is 0 Å². The van der Waals surface area contributed by atoms with Gasteiger partial charge in [-0.2, -0.15) is 0 Å². The second-order valence-corrected chi connectivity index (χ2v) is 5.08. The molecular formula is C14H18N2O. The van der Waals surface area contributed by atoms with E-state index in [4.69, 9.17) is 0 Å². The van der Waals surface area contributed by atoms with E-state index in [9.17, 15) is 4.79 Å². The molecule has 2 atom stereocenters. The first-order chi connectivity index (χ1) is 8.33. The van der Waals surface area contributed by atoms with E-state index >= 15 is 0 Å². The summed E-state index contributed by atoms with van der Waals surface area (Å²) in [6.07, 6.45) is 3.46. The zero-order valence-electron chi connectivity index (χ0n) is 9.86. The topological polar surface area (TPSA) is 41.1 Å². The third-order valence-corrected chi connectivity index (χ3v) is 3.49. The van der Waals surface area contributed by atoms with E-state index in [-0.39, 0.29) is 5.91 Å². The molecule has 0 aliphatic heterocycles. The van der Waals surface area contributed by atoms with Gasteiger partial charge in [0.1, 0.15) is 0 Å². The standard InChI is InChI=1S/C14H18N2O/c17-14(16-11-6-7-11)9-15-13-8-12(13)10-4-2-1-3-5-10/h1-5,11-13,15H,6-9H2,(H,16,17)/t12?,13-/m0/s1. The summed E-state index contributed by atoms with van der Waals surface area (Å²) in [5, 5.41) is 6.32. The van der Waals surface area contributed by atoms with Crippen LogP contribution < -0.4 is 10.6 Å². The van der Waals surface area contributed by atoms with Gasteiger partial charge in [-0.1, -0.05) is 30.3 Å². The van der Waals surface area contributed by atoms with Crippen LogP contribution in [0, 0.1) is 0 Å². The van der Waals surface area contributed by atoms with Gasteiger partial charge in [0.05, 0.1) is 6.54 Å². The molecule has 2 fully saturated rings. The van der Waals surface area contributed by atoms with Gasteiger partial charge in [0.15, 0.2) is 0 Å². The fourth-order valence-corrected chi connectivity index (χ4v) is 2.22. The van der Waals surface area contributed by atoms with Gasteiger partial charge in [-0.15, -0.1) is 0 Å². The predicted octanol–water partition coefficient (Wildman–Crippen LogP) is 1.41. The highest BCUT2D eigenvalue weighted by atomic mass is 16.2. The molecule has 0 bridgehead atoms. The number of carbonyl (C=O) groups is 1. The lowest BCUT2D eigenvalue weighted by Crippen LogP contribution is -2.36. The van der Waals surface area contributed by atoms with E-state index < -0.39 is 0 Å². The van der Waals surface area contributed by atoms with Crippen molar-refractivity contribution >= 4 is 5.91 Å². The van der Waals surface area contributed by atoms with E-state index in [2.05, 4.69) is 34.9 Å². The number of nitrogens with one attached hydrogen (secondary N) is 2. The van der Waals surface area contributed by atoms with Crippen LogP contribution in [0.4, 0.5) is 0 Å². The number of rotatable bonds is 5. The van der Waals surface area contributed by atoms with Gasteiger partial charge >= 0.3 is 0 Å². The lowest BCUT2D eigenvalue weighted by molar-refractivity contribution is -0.120. The molecule has 3 heteroatoms. The summed E-state index contributed by atoms with van der Waals surface area (Å²) >= 11 is 0. The van der Waals surface area contributed by atoms with E-state index in [1.807, 2.05) is 6.07 Å². The second kappa shape index (κ2) is 4.49. The Morgan fingerprint density at radius 3 is 2.71 bits per heavy atom. The highest BCUT2D eigenvalue weighted by molar-refractivity contribution is 5.78. The predicted molar refractivity (Wildman–Crippen MR) is 66.8 cm³/mol. The van der Waals surface area contributed by atoms with Crippen LogP contribution in [0.3, 0.4) is 0 Å². The van der Waals surface area contributed by atoms with Crippen LogP contribution in [0.15, 0.2) is 30.3 Å².